The van der Waals surface area contributed by atoms with E-state index in [1.165, 1.54) is 4.90 Å². The van der Waals surface area contributed by atoms with Gasteiger partial charge in [-0.05, 0) is 37.3 Å². The minimum atomic E-state index is -0.295. The van der Waals surface area contributed by atoms with Crippen molar-refractivity contribution >= 4 is 40.9 Å². The molecule has 0 saturated heterocycles. The highest BCUT2D eigenvalue weighted by molar-refractivity contribution is 6.25. The second-order valence-corrected chi connectivity index (χ2v) is 6.69. The van der Waals surface area contributed by atoms with Crippen molar-refractivity contribution in [2.45, 2.75) is 32.2 Å². The maximum absolute atomic E-state index is 12.7. The number of rotatable bonds is 7. The van der Waals surface area contributed by atoms with Crippen molar-refractivity contribution in [3.05, 3.63) is 47.5 Å². The highest BCUT2D eigenvalue weighted by Gasteiger charge is 2.32. The van der Waals surface area contributed by atoms with E-state index >= 15 is 0 Å². The minimum Gasteiger partial charge on any atom is -0.356 e. The Morgan fingerprint density at radius 2 is 1.70 bits per heavy atom. The first kappa shape index (κ1) is 20.9. The summed E-state index contributed by atoms with van der Waals surface area (Å²) in [5, 5.41) is 4.40. The minimum absolute atomic E-state index is 0. The van der Waals surface area contributed by atoms with E-state index in [0.717, 1.165) is 17.2 Å². The van der Waals surface area contributed by atoms with E-state index in [-0.39, 0.29) is 49.1 Å². The zero-order valence-corrected chi connectivity index (χ0v) is 16.1. The summed E-state index contributed by atoms with van der Waals surface area (Å²) in [5.41, 5.74) is 6.73. The summed E-state index contributed by atoms with van der Waals surface area (Å²) in [7, 11) is 0. The number of amides is 3. The van der Waals surface area contributed by atoms with Gasteiger partial charge in [-0.1, -0.05) is 24.3 Å². The standard InChI is InChI=1S/C20H23N3O3.ClH/c1-13(21)10-11-22-17(24)9-4-12-23-19(25)15-7-2-5-14-6-3-8-16(18(14)15)20(23)26;/h2-3,5-8,13H,4,9-12,21H2,1H3,(H,22,24);1H. The van der Waals surface area contributed by atoms with Crippen LogP contribution in [-0.4, -0.2) is 41.8 Å². The third kappa shape index (κ3) is 4.46. The van der Waals surface area contributed by atoms with E-state index in [1.54, 1.807) is 12.1 Å². The molecule has 3 amide bonds. The van der Waals surface area contributed by atoms with Gasteiger partial charge in [0.05, 0.1) is 0 Å². The lowest BCUT2D eigenvalue weighted by Crippen LogP contribution is -2.41. The Kier molecular flexibility index (Phi) is 6.93. The molecule has 0 spiro atoms. The topological polar surface area (TPSA) is 92.5 Å². The summed E-state index contributed by atoms with van der Waals surface area (Å²) in [5.74, 6) is -0.682. The van der Waals surface area contributed by atoms with Crippen molar-refractivity contribution in [3.8, 4) is 0 Å². The van der Waals surface area contributed by atoms with Gasteiger partial charge in [0.1, 0.15) is 0 Å². The molecule has 1 atom stereocenters. The zero-order valence-electron chi connectivity index (χ0n) is 15.2. The number of carbonyl (C=O) groups is 3. The molecule has 0 aliphatic carbocycles. The van der Waals surface area contributed by atoms with Gasteiger partial charge in [0.15, 0.2) is 0 Å². The lowest BCUT2D eigenvalue weighted by atomic mass is 9.94. The fraction of sp³-hybridized carbons (Fsp3) is 0.350. The van der Waals surface area contributed by atoms with Crippen LogP contribution in [0.15, 0.2) is 36.4 Å². The Balaban J connectivity index is 0.00000261. The summed E-state index contributed by atoms with van der Waals surface area (Å²) in [6, 6.07) is 11.0. The summed E-state index contributed by atoms with van der Waals surface area (Å²) in [6.45, 7) is 2.65. The molecular weight excluding hydrogens is 366 g/mol. The number of imide groups is 1. The summed E-state index contributed by atoms with van der Waals surface area (Å²) >= 11 is 0. The van der Waals surface area contributed by atoms with E-state index in [4.69, 9.17) is 5.73 Å². The third-order valence-corrected chi connectivity index (χ3v) is 4.56. The molecule has 0 fully saturated rings. The van der Waals surface area contributed by atoms with Gasteiger partial charge in [-0.25, -0.2) is 0 Å². The lowest BCUT2D eigenvalue weighted by molar-refractivity contribution is -0.121. The predicted octanol–water partition coefficient (Wildman–Crippen LogP) is 2.49. The monoisotopic (exact) mass is 389 g/mol. The lowest BCUT2D eigenvalue weighted by Gasteiger charge is -2.27. The number of nitrogens with one attached hydrogen (secondary N) is 1. The van der Waals surface area contributed by atoms with Gasteiger partial charge in [0, 0.05) is 42.1 Å². The normalized spacial score (nSPS) is 14.1. The first-order chi connectivity index (χ1) is 12.5. The van der Waals surface area contributed by atoms with Crippen LogP contribution >= 0.6 is 12.4 Å². The van der Waals surface area contributed by atoms with E-state index < -0.39 is 0 Å². The zero-order chi connectivity index (χ0) is 18.7. The van der Waals surface area contributed by atoms with Gasteiger partial charge in [-0.2, -0.15) is 0 Å². The quantitative estimate of drug-likeness (QED) is 0.711. The van der Waals surface area contributed by atoms with Gasteiger partial charge < -0.3 is 11.1 Å². The molecule has 7 heteroatoms. The molecule has 1 unspecified atom stereocenters. The number of halogens is 1. The van der Waals surface area contributed by atoms with Crippen molar-refractivity contribution in [2.75, 3.05) is 13.1 Å². The van der Waals surface area contributed by atoms with Gasteiger partial charge in [0.25, 0.3) is 11.8 Å². The number of nitrogens with two attached hydrogens (primary N) is 1. The maximum Gasteiger partial charge on any atom is 0.261 e. The van der Waals surface area contributed by atoms with Gasteiger partial charge in [-0.15, -0.1) is 12.4 Å². The molecule has 0 saturated carbocycles. The largest absolute Gasteiger partial charge is 0.356 e. The van der Waals surface area contributed by atoms with Crippen LogP contribution in [-0.2, 0) is 4.79 Å². The number of nitrogens with zero attached hydrogens (tertiary/aromatic N) is 1. The fourth-order valence-corrected chi connectivity index (χ4v) is 3.21. The van der Waals surface area contributed by atoms with Crippen LogP contribution in [0.4, 0.5) is 0 Å². The number of carbonyl (C=O) groups excluding carboxylic acids is 3. The van der Waals surface area contributed by atoms with Crippen molar-refractivity contribution in [1.82, 2.24) is 10.2 Å². The van der Waals surface area contributed by atoms with Gasteiger partial charge in [0.2, 0.25) is 5.91 Å². The van der Waals surface area contributed by atoms with Gasteiger partial charge in [-0.3, -0.25) is 19.3 Å². The van der Waals surface area contributed by atoms with E-state index in [2.05, 4.69) is 5.32 Å². The molecule has 3 rings (SSSR count). The van der Waals surface area contributed by atoms with Crippen LogP contribution < -0.4 is 11.1 Å². The van der Waals surface area contributed by atoms with E-state index in [0.29, 0.717) is 24.1 Å². The Morgan fingerprint density at radius 3 is 2.26 bits per heavy atom. The molecule has 0 radical (unpaired) electrons. The SMILES string of the molecule is CC(N)CCNC(=O)CCCN1C(=O)c2cccc3cccc(c23)C1=O.Cl. The molecular formula is C20H24ClN3O3. The Hall–Kier alpha value is -2.44. The summed E-state index contributed by atoms with van der Waals surface area (Å²) < 4.78 is 0. The highest BCUT2D eigenvalue weighted by atomic mass is 35.5. The van der Waals surface area contributed by atoms with Crippen LogP contribution in [0.3, 0.4) is 0 Å². The van der Waals surface area contributed by atoms with Crippen LogP contribution in [0.25, 0.3) is 10.8 Å². The number of hydrogen-bond acceptors (Lipinski definition) is 4. The van der Waals surface area contributed by atoms with Crippen molar-refractivity contribution < 1.29 is 14.4 Å². The van der Waals surface area contributed by atoms with E-state index in [1.807, 2.05) is 31.2 Å². The van der Waals surface area contributed by atoms with Crippen LogP contribution in [0.5, 0.6) is 0 Å². The highest BCUT2D eigenvalue weighted by Crippen LogP contribution is 2.29. The van der Waals surface area contributed by atoms with Crippen molar-refractivity contribution in [1.29, 1.82) is 0 Å². The molecule has 27 heavy (non-hydrogen) atoms. The molecule has 1 aliphatic rings. The van der Waals surface area contributed by atoms with Gasteiger partial charge >= 0.3 is 0 Å². The summed E-state index contributed by atoms with van der Waals surface area (Å²) in [4.78, 5) is 38.5. The molecule has 0 aromatic heterocycles. The summed E-state index contributed by atoms with van der Waals surface area (Å²) in [6.07, 6.45) is 1.41. The molecule has 1 aliphatic heterocycles. The van der Waals surface area contributed by atoms with Crippen LogP contribution in [0, 0.1) is 0 Å². The molecule has 2 aromatic carbocycles. The molecule has 6 nitrogen and oxygen atoms in total. The average molecular weight is 390 g/mol. The smallest absolute Gasteiger partial charge is 0.261 e. The maximum atomic E-state index is 12.7. The Bertz CT molecular complexity index is 816. The van der Waals surface area contributed by atoms with Crippen LogP contribution in [0.2, 0.25) is 0 Å². The molecule has 144 valence electrons. The Morgan fingerprint density at radius 1 is 1.11 bits per heavy atom. The molecule has 3 N–H and O–H groups in total. The Labute approximate surface area is 164 Å². The number of benzene rings is 2. The van der Waals surface area contributed by atoms with Crippen LogP contribution in [0.1, 0.15) is 46.9 Å². The molecule has 2 aromatic rings. The second-order valence-electron chi connectivity index (χ2n) is 6.69. The first-order valence-electron chi connectivity index (χ1n) is 8.89. The van der Waals surface area contributed by atoms with E-state index in [9.17, 15) is 14.4 Å². The second kappa shape index (κ2) is 8.97. The predicted molar refractivity (Wildman–Crippen MR) is 107 cm³/mol. The number of hydrogen-bond donors (Lipinski definition) is 2. The fourth-order valence-electron chi connectivity index (χ4n) is 3.21. The molecule has 1 heterocycles. The first-order valence-corrected chi connectivity index (χ1v) is 8.89. The average Bonchev–Trinajstić information content (AvgIpc) is 2.62. The van der Waals surface area contributed by atoms with Crippen molar-refractivity contribution in [3.63, 3.8) is 0 Å². The third-order valence-electron chi connectivity index (χ3n) is 4.56. The molecule has 0 bridgehead atoms. The van der Waals surface area contributed by atoms with Crippen molar-refractivity contribution in [2.24, 2.45) is 5.73 Å².